The van der Waals surface area contributed by atoms with Crippen molar-refractivity contribution in [3.8, 4) is 0 Å². The molecule has 0 aromatic heterocycles. The van der Waals surface area contributed by atoms with Crippen molar-refractivity contribution in [1.82, 2.24) is 10.6 Å². The highest BCUT2D eigenvalue weighted by molar-refractivity contribution is 7.91. The Hall–Kier alpha value is -2.62. The monoisotopic (exact) mass is 431 g/mol. The van der Waals surface area contributed by atoms with E-state index in [1.54, 1.807) is 25.1 Å². The van der Waals surface area contributed by atoms with E-state index in [-0.39, 0.29) is 35.3 Å². The minimum Gasteiger partial charge on any atom is -0.357 e. The highest BCUT2D eigenvalue weighted by atomic mass is 32.2. The Balaban J connectivity index is 2.08. The average Bonchev–Trinajstić information content (AvgIpc) is 2.66. The van der Waals surface area contributed by atoms with E-state index in [1.165, 1.54) is 12.1 Å². The van der Waals surface area contributed by atoms with Gasteiger partial charge in [-0.1, -0.05) is 24.3 Å². The first kappa shape index (κ1) is 22.7. The number of nitrogens with one attached hydrogen (secondary N) is 2. The second-order valence-corrected chi connectivity index (χ2v) is 8.16. The lowest BCUT2D eigenvalue weighted by Crippen LogP contribution is -2.39. The molecule has 10 heteroatoms. The average molecular weight is 431 g/mol. The summed E-state index contributed by atoms with van der Waals surface area (Å²) in [6.07, 6.45) is -4.71. The summed E-state index contributed by atoms with van der Waals surface area (Å²) in [4.78, 5) is 4.24. The molecule has 0 radical (unpaired) electrons. The molecular formula is C19H21F4N3O2S. The van der Waals surface area contributed by atoms with Gasteiger partial charge in [-0.15, -0.1) is 0 Å². The van der Waals surface area contributed by atoms with Crippen molar-refractivity contribution in [2.24, 2.45) is 4.99 Å². The third kappa shape index (κ3) is 6.74. The van der Waals surface area contributed by atoms with Gasteiger partial charge in [-0.2, -0.15) is 13.2 Å². The predicted octanol–water partition coefficient (Wildman–Crippen LogP) is 3.37. The molecule has 0 saturated carbocycles. The van der Waals surface area contributed by atoms with Gasteiger partial charge in [0.1, 0.15) is 5.82 Å². The van der Waals surface area contributed by atoms with Crippen molar-refractivity contribution in [2.75, 3.05) is 18.8 Å². The summed E-state index contributed by atoms with van der Waals surface area (Å²) in [5.74, 6) is -1.04. The molecule has 0 bridgehead atoms. The standard InChI is InChI=1S/C19H21F4N3O2S/c1-2-24-18(25-10-11-29(27,28)16-6-4-3-5-7-16)26-13-14-8-9-15(20)12-17(14)19(21,22)23/h3-9,12H,2,10-11,13H2,1H3,(H2,24,25,26). The van der Waals surface area contributed by atoms with Gasteiger partial charge in [0.2, 0.25) is 0 Å². The Bertz CT molecular complexity index is 946. The van der Waals surface area contributed by atoms with Crippen molar-refractivity contribution in [3.63, 3.8) is 0 Å². The Morgan fingerprint density at radius 1 is 1.07 bits per heavy atom. The molecule has 2 aromatic rings. The smallest absolute Gasteiger partial charge is 0.357 e. The molecule has 0 heterocycles. The molecule has 0 amide bonds. The van der Waals surface area contributed by atoms with Crippen LogP contribution in [0.2, 0.25) is 0 Å². The minimum absolute atomic E-state index is 0.0125. The molecule has 0 spiro atoms. The van der Waals surface area contributed by atoms with Gasteiger partial charge in [0.05, 0.1) is 22.8 Å². The molecule has 158 valence electrons. The summed E-state index contributed by atoms with van der Waals surface area (Å²) in [5, 5.41) is 5.63. The number of nitrogens with zero attached hydrogens (tertiary/aromatic N) is 1. The molecule has 2 rings (SSSR count). The zero-order valence-electron chi connectivity index (χ0n) is 15.6. The fourth-order valence-corrected chi connectivity index (χ4v) is 3.68. The van der Waals surface area contributed by atoms with E-state index in [4.69, 9.17) is 0 Å². The van der Waals surface area contributed by atoms with Gasteiger partial charge in [-0.25, -0.2) is 17.8 Å². The zero-order chi connectivity index (χ0) is 21.5. The third-order valence-electron chi connectivity index (χ3n) is 3.89. The van der Waals surface area contributed by atoms with Gasteiger partial charge in [-0.3, -0.25) is 0 Å². The van der Waals surface area contributed by atoms with Crippen LogP contribution < -0.4 is 10.6 Å². The molecule has 0 aliphatic heterocycles. The number of aliphatic imine (C=N–C) groups is 1. The number of hydrogen-bond acceptors (Lipinski definition) is 3. The van der Waals surface area contributed by atoms with Gasteiger partial charge in [0, 0.05) is 13.1 Å². The largest absolute Gasteiger partial charge is 0.416 e. The summed E-state index contributed by atoms with van der Waals surface area (Å²) >= 11 is 0. The van der Waals surface area contributed by atoms with Gasteiger partial charge >= 0.3 is 6.18 Å². The molecule has 0 fully saturated rings. The zero-order valence-corrected chi connectivity index (χ0v) is 16.4. The number of benzene rings is 2. The number of alkyl halides is 3. The van der Waals surface area contributed by atoms with Crippen molar-refractivity contribution in [2.45, 2.75) is 24.5 Å². The molecule has 0 saturated heterocycles. The van der Waals surface area contributed by atoms with Crippen LogP contribution in [0.5, 0.6) is 0 Å². The lowest BCUT2D eigenvalue weighted by molar-refractivity contribution is -0.138. The fourth-order valence-electron chi connectivity index (χ4n) is 2.51. The lowest BCUT2D eigenvalue weighted by Gasteiger charge is -2.14. The van der Waals surface area contributed by atoms with Gasteiger partial charge < -0.3 is 10.6 Å². The quantitative estimate of drug-likeness (QED) is 0.401. The van der Waals surface area contributed by atoms with E-state index >= 15 is 0 Å². The number of hydrogen-bond donors (Lipinski definition) is 2. The van der Waals surface area contributed by atoms with E-state index < -0.39 is 27.4 Å². The number of guanidine groups is 1. The third-order valence-corrected chi connectivity index (χ3v) is 5.63. The molecule has 2 aromatic carbocycles. The van der Waals surface area contributed by atoms with Crippen molar-refractivity contribution < 1.29 is 26.0 Å². The van der Waals surface area contributed by atoms with Crippen LogP contribution in [0.15, 0.2) is 58.4 Å². The van der Waals surface area contributed by atoms with Crippen LogP contribution in [0.3, 0.4) is 0 Å². The van der Waals surface area contributed by atoms with Crippen LogP contribution in [-0.4, -0.2) is 33.2 Å². The molecule has 0 aliphatic rings. The molecule has 29 heavy (non-hydrogen) atoms. The highest BCUT2D eigenvalue weighted by Gasteiger charge is 2.33. The first-order chi connectivity index (χ1) is 13.6. The van der Waals surface area contributed by atoms with E-state index in [0.29, 0.717) is 12.6 Å². The van der Waals surface area contributed by atoms with E-state index in [9.17, 15) is 26.0 Å². The Kier molecular flexibility index (Phi) is 7.60. The lowest BCUT2D eigenvalue weighted by atomic mass is 10.1. The maximum Gasteiger partial charge on any atom is 0.416 e. The summed E-state index contributed by atoms with van der Waals surface area (Å²) < 4.78 is 77.0. The summed E-state index contributed by atoms with van der Waals surface area (Å²) in [5.41, 5.74) is -1.28. The summed E-state index contributed by atoms with van der Waals surface area (Å²) in [7, 11) is -3.50. The first-order valence-electron chi connectivity index (χ1n) is 8.79. The maximum atomic E-state index is 13.2. The maximum absolute atomic E-state index is 13.2. The molecule has 5 nitrogen and oxygen atoms in total. The number of sulfone groups is 1. The van der Waals surface area contributed by atoms with Crippen LogP contribution >= 0.6 is 0 Å². The molecule has 2 N–H and O–H groups in total. The van der Waals surface area contributed by atoms with Crippen molar-refractivity contribution in [3.05, 3.63) is 65.5 Å². The predicted molar refractivity (Wildman–Crippen MR) is 103 cm³/mol. The molecule has 0 unspecified atom stereocenters. The van der Waals surface area contributed by atoms with Crippen LogP contribution in [-0.2, 0) is 22.6 Å². The van der Waals surface area contributed by atoms with Gasteiger partial charge in [-0.05, 0) is 36.8 Å². The number of rotatable bonds is 7. The minimum atomic E-state index is -4.71. The highest BCUT2D eigenvalue weighted by Crippen LogP contribution is 2.32. The Morgan fingerprint density at radius 3 is 2.38 bits per heavy atom. The van der Waals surface area contributed by atoms with Crippen LogP contribution in [0.4, 0.5) is 17.6 Å². The number of halogens is 4. The second kappa shape index (κ2) is 9.73. The fraction of sp³-hybridized carbons (Fsp3) is 0.316. The Morgan fingerprint density at radius 2 is 1.76 bits per heavy atom. The van der Waals surface area contributed by atoms with Crippen LogP contribution in [0, 0.1) is 5.82 Å². The SMILES string of the molecule is CCNC(=NCc1ccc(F)cc1C(F)(F)F)NCCS(=O)(=O)c1ccccc1. The Labute approximate surface area is 166 Å². The molecular weight excluding hydrogens is 410 g/mol. The van der Waals surface area contributed by atoms with Crippen LogP contribution in [0.1, 0.15) is 18.1 Å². The molecule has 0 aliphatic carbocycles. The first-order valence-corrected chi connectivity index (χ1v) is 10.4. The van der Waals surface area contributed by atoms with Crippen LogP contribution in [0.25, 0.3) is 0 Å². The summed E-state index contributed by atoms with van der Waals surface area (Å²) in [6, 6.07) is 10.3. The normalized spacial score (nSPS) is 12.7. The molecule has 0 atom stereocenters. The van der Waals surface area contributed by atoms with E-state index in [1.807, 2.05) is 0 Å². The summed E-state index contributed by atoms with van der Waals surface area (Å²) in [6.45, 7) is 1.85. The topological polar surface area (TPSA) is 70.6 Å². The van der Waals surface area contributed by atoms with E-state index in [2.05, 4.69) is 15.6 Å². The van der Waals surface area contributed by atoms with Gasteiger partial charge in [0.15, 0.2) is 15.8 Å². The van der Waals surface area contributed by atoms with Gasteiger partial charge in [0.25, 0.3) is 0 Å². The second-order valence-electron chi connectivity index (χ2n) is 6.05. The van der Waals surface area contributed by atoms with E-state index in [0.717, 1.165) is 12.1 Å². The van der Waals surface area contributed by atoms with Crippen molar-refractivity contribution in [1.29, 1.82) is 0 Å². The van der Waals surface area contributed by atoms with Crippen molar-refractivity contribution >= 4 is 15.8 Å².